The van der Waals surface area contributed by atoms with E-state index in [2.05, 4.69) is 15.1 Å². The minimum atomic E-state index is -0.279. The van der Waals surface area contributed by atoms with Gasteiger partial charge in [0.1, 0.15) is 5.82 Å². The molecule has 21 heavy (non-hydrogen) atoms. The maximum absolute atomic E-state index is 13.0. The Balaban J connectivity index is 1.92. The molecule has 5 nitrogen and oxygen atoms in total. The first kappa shape index (κ1) is 11.8. The van der Waals surface area contributed by atoms with Gasteiger partial charge in [0.15, 0.2) is 5.76 Å². The molecule has 6 heteroatoms. The second-order valence-electron chi connectivity index (χ2n) is 4.46. The standard InChI is InChI=1S/C15H9FN4O/c16-11-5-3-10(4-6-11)12-7-8-17-15-18-14(19-20(12)15)13-2-1-9-21-13/h1-9H. The lowest BCUT2D eigenvalue weighted by molar-refractivity contribution is 0.577. The van der Waals surface area contributed by atoms with Crippen LogP contribution in [0.1, 0.15) is 0 Å². The van der Waals surface area contributed by atoms with Gasteiger partial charge < -0.3 is 4.42 Å². The molecule has 0 radical (unpaired) electrons. The highest BCUT2D eigenvalue weighted by Crippen LogP contribution is 2.22. The molecule has 0 unspecified atom stereocenters. The lowest BCUT2D eigenvalue weighted by atomic mass is 10.1. The van der Waals surface area contributed by atoms with Gasteiger partial charge in [-0.15, -0.1) is 5.10 Å². The van der Waals surface area contributed by atoms with Crippen molar-refractivity contribution in [2.24, 2.45) is 0 Å². The number of nitrogens with zero attached hydrogens (tertiary/aromatic N) is 4. The van der Waals surface area contributed by atoms with Crippen LogP contribution in [0, 0.1) is 5.82 Å². The first-order valence-corrected chi connectivity index (χ1v) is 6.33. The fourth-order valence-electron chi connectivity index (χ4n) is 2.14. The number of aromatic nitrogens is 4. The molecule has 102 valence electrons. The molecule has 0 spiro atoms. The summed E-state index contributed by atoms with van der Waals surface area (Å²) < 4.78 is 20.0. The van der Waals surface area contributed by atoms with Crippen molar-refractivity contribution in [2.75, 3.05) is 0 Å². The molecule has 0 aliphatic heterocycles. The Bertz CT molecular complexity index is 897. The Morgan fingerprint density at radius 3 is 2.67 bits per heavy atom. The molecule has 0 saturated carbocycles. The Hall–Kier alpha value is -3.02. The summed E-state index contributed by atoms with van der Waals surface area (Å²) in [6.45, 7) is 0. The van der Waals surface area contributed by atoms with Crippen LogP contribution in [0.3, 0.4) is 0 Å². The fourth-order valence-corrected chi connectivity index (χ4v) is 2.14. The third kappa shape index (κ3) is 1.97. The molecule has 0 saturated heterocycles. The average molecular weight is 280 g/mol. The smallest absolute Gasteiger partial charge is 0.253 e. The van der Waals surface area contributed by atoms with E-state index in [1.54, 1.807) is 47.3 Å². The lowest BCUT2D eigenvalue weighted by Crippen LogP contribution is -1.95. The van der Waals surface area contributed by atoms with Gasteiger partial charge in [0, 0.05) is 11.8 Å². The second-order valence-corrected chi connectivity index (χ2v) is 4.46. The van der Waals surface area contributed by atoms with E-state index in [1.807, 2.05) is 0 Å². The predicted molar refractivity (Wildman–Crippen MR) is 73.9 cm³/mol. The normalized spacial score (nSPS) is 11.1. The zero-order chi connectivity index (χ0) is 14.2. The molecule has 0 fully saturated rings. The number of hydrogen-bond acceptors (Lipinski definition) is 4. The Morgan fingerprint density at radius 2 is 1.90 bits per heavy atom. The minimum absolute atomic E-state index is 0.279. The maximum atomic E-state index is 13.0. The van der Waals surface area contributed by atoms with Crippen LogP contribution < -0.4 is 0 Å². The first-order valence-electron chi connectivity index (χ1n) is 6.33. The summed E-state index contributed by atoms with van der Waals surface area (Å²) in [7, 11) is 0. The van der Waals surface area contributed by atoms with Gasteiger partial charge in [-0.3, -0.25) is 0 Å². The average Bonchev–Trinajstić information content (AvgIpc) is 3.16. The van der Waals surface area contributed by atoms with E-state index in [0.717, 1.165) is 11.3 Å². The zero-order valence-electron chi connectivity index (χ0n) is 10.8. The second kappa shape index (κ2) is 4.52. The molecule has 3 aromatic heterocycles. The summed E-state index contributed by atoms with van der Waals surface area (Å²) in [6, 6.07) is 11.6. The highest BCUT2D eigenvalue weighted by molar-refractivity contribution is 5.62. The SMILES string of the molecule is Fc1ccc(-c2ccnc3nc(-c4ccco4)nn23)cc1. The van der Waals surface area contributed by atoms with Crippen LogP contribution in [0.25, 0.3) is 28.6 Å². The number of fused-ring (bicyclic) bond motifs is 1. The van der Waals surface area contributed by atoms with E-state index < -0.39 is 0 Å². The highest BCUT2D eigenvalue weighted by atomic mass is 19.1. The van der Waals surface area contributed by atoms with E-state index in [0.29, 0.717) is 17.4 Å². The lowest BCUT2D eigenvalue weighted by Gasteiger charge is -2.02. The number of halogens is 1. The highest BCUT2D eigenvalue weighted by Gasteiger charge is 2.12. The van der Waals surface area contributed by atoms with Crippen molar-refractivity contribution >= 4 is 5.78 Å². The van der Waals surface area contributed by atoms with Crippen molar-refractivity contribution in [3.63, 3.8) is 0 Å². The number of furan rings is 1. The maximum Gasteiger partial charge on any atom is 0.253 e. The van der Waals surface area contributed by atoms with Crippen LogP contribution in [0.5, 0.6) is 0 Å². The first-order chi connectivity index (χ1) is 10.3. The monoisotopic (exact) mass is 280 g/mol. The van der Waals surface area contributed by atoms with Gasteiger partial charge in [0.25, 0.3) is 5.78 Å². The number of hydrogen-bond donors (Lipinski definition) is 0. The van der Waals surface area contributed by atoms with Gasteiger partial charge in [0.05, 0.1) is 12.0 Å². The van der Waals surface area contributed by atoms with Gasteiger partial charge in [-0.2, -0.15) is 9.50 Å². The molecule has 0 amide bonds. The van der Waals surface area contributed by atoms with Crippen LogP contribution in [0.15, 0.2) is 59.3 Å². The largest absolute Gasteiger partial charge is 0.461 e. The van der Waals surface area contributed by atoms with Gasteiger partial charge in [-0.1, -0.05) is 0 Å². The summed E-state index contributed by atoms with van der Waals surface area (Å²) in [5.74, 6) is 1.22. The van der Waals surface area contributed by atoms with Crippen molar-refractivity contribution in [1.29, 1.82) is 0 Å². The predicted octanol–water partition coefficient (Wildman–Crippen LogP) is 3.19. The van der Waals surface area contributed by atoms with Crippen LogP contribution in [0.2, 0.25) is 0 Å². The van der Waals surface area contributed by atoms with Crippen LogP contribution in [-0.4, -0.2) is 19.6 Å². The van der Waals surface area contributed by atoms with Gasteiger partial charge >= 0.3 is 0 Å². The van der Waals surface area contributed by atoms with E-state index >= 15 is 0 Å². The van der Waals surface area contributed by atoms with Crippen molar-refractivity contribution < 1.29 is 8.81 Å². The third-order valence-electron chi connectivity index (χ3n) is 3.12. The van der Waals surface area contributed by atoms with Crippen LogP contribution in [0.4, 0.5) is 4.39 Å². The van der Waals surface area contributed by atoms with Crippen LogP contribution >= 0.6 is 0 Å². The van der Waals surface area contributed by atoms with Gasteiger partial charge in [-0.05, 0) is 42.5 Å². The molecule has 0 aliphatic carbocycles. The van der Waals surface area contributed by atoms with Crippen LogP contribution in [-0.2, 0) is 0 Å². The molecule has 1 aromatic carbocycles. The fraction of sp³-hybridized carbons (Fsp3) is 0. The topological polar surface area (TPSA) is 56.2 Å². The molecular formula is C15H9FN4O. The number of rotatable bonds is 2. The molecule has 0 atom stereocenters. The summed E-state index contributed by atoms with van der Waals surface area (Å²) in [5.41, 5.74) is 1.62. The van der Waals surface area contributed by atoms with Gasteiger partial charge in [0.2, 0.25) is 5.82 Å². The summed E-state index contributed by atoms with van der Waals surface area (Å²) in [6.07, 6.45) is 3.21. The summed E-state index contributed by atoms with van der Waals surface area (Å²) in [5, 5.41) is 4.41. The zero-order valence-corrected chi connectivity index (χ0v) is 10.8. The van der Waals surface area contributed by atoms with E-state index in [-0.39, 0.29) is 5.82 Å². The Morgan fingerprint density at radius 1 is 1.05 bits per heavy atom. The number of benzene rings is 1. The summed E-state index contributed by atoms with van der Waals surface area (Å²) >= 11 is 0. The van der Waals surface area contributed by atoms with Crippen molar-refractivity contribution in [3.05, 3.63) is 60.7 Å². The molecule has 4 rings (SSSR count). The van der Waals surface area contributed by atoms with E-state index in [9.17, 15) is 4.39 Å². The molecule has 3 heterocycles. The van der Waals surface area contributed by atoms with Gasteiger partial charge in [-0.25, -0.2) is 9.37 Å². The Labute approximate surface area is 118 Å². The van der Waals surface area contributed by atoms with E-state index in [1.165, 1.54) is 12.1 Å². The molecule has 4 aromatic rings. The van der Waals surface area contributed by atoms with Crippen molar-refractivity contribution in [1.82, 2.24) is 19.6 Å². The minimum Gasteiger partial charge on any atom is -0.461 e. The molecule has 0 aliphatic rings. The van der Waals surface area contributed by atoms with E-state index in [4.69, 9.17) is 4.42 Å². The molecule has 0 N–H and O–H groups in total. The quantitative estimate of drug-likeness (QED) is 0.566. The van der Waals surface area contributed by atoms with Crippen molar-refractivity contribution in [3.8, 4) is 22.8 Å². The third-order valence-corrected chi connectivity index (χ3v) is 3.12. The Kier molecular flexibility index (Phi) is 2.53. The molecular weight excluding hydrogens is 271 g/mol. The van der Waals surface area contributed by atoms with Crippen molar-refractivity contribution in [2.45, 2.75) is 0 Å². The summed E-state index contributed by atoms with van der Waals surface area (Å²) in [4.78, 5) is 8.52. The molecule has 0 bridgehead atoms.